The molecule has 2 heteroatoms. The lowest BCUT2D eigenvalue weighted by atomic mass is 9.44. The summed E-state index contributed by atoms with van der Waals surface area (Å²) in [5.74, 6) is 5.36. The average molecular weight is 407 g/mol. The number of fused-ring (bicyclic) bond motifs is 5. The van der Waals surface area contributed by atoms with E-state index in [1.54, 1.807) is 0 Å². The van der Waals surface area contributed by atoms with E-state index in [4.69, 9.17) is 5.11 Å². The predicted molar refractivity (Wildman–Crippen MR) is 119 cm³/mol. The molecule has 0 aromatic rings. The van der Waals surface area contributed by atoms with Crippen LogP contribution in [0.25, 0.3) is 0 Å². The predicted octanol–water partition coefficient (Wildman–Crippen LogP) is 7.77. The van der Waals surface area contributed by atoms with Gasteiger partial charge in [0.15, 0.2) is 6.36 Å². The summed E-state index contributed by atoms with van der Waals surface area (Å²) in [5, 5.41) is 9.14. The minimum Gasteiger partial charge on any atom is -0.364 e. The van der Waals surface area contributed by atoms with Gasteiger partial charge in [0.05, 0.1) is 0 Å². The van der Waals surface area contributed by atoms with Crippen LogP contribution in [0.2, 0.25) is 0 Å². The van der Waals surface area contributed by atoms with Crippen LogP contribution in [-0.2, 0) is 0 Å². The van der Waals surface area contributed by atoms with Gasteiger partial charge in [0.2, 0.25) is 0 Å². The van der Waals surface area contributed by atoms with Crippen LogP contribution in [0.1, 0.15) is 111 Å². The molecule has 0 heterocycles. The summed E-state index contributed by atoms with van der Waals surface area (Å²) in [7, 11) is 0. The first-order chi connectivity index (χ1) is 13.8. The Kier molecular flexibility index (Phi) is 6.43. The summed E-state index contributed by atoms with van der Waals surface area (Å²) in [4.78, 5) is 0. The molecule has 1 nitrogen and oxygen atoms in total. The molecule has 0 aromatic carbocycles. The van der Waals surface area contributed by atoms with Crippen LogP contribution in [0.4, 0.5) is 4.39 Å². The van der Waals surface area contributed by atoms with Gasteiger partial charge in [-0.25, -0.2) is 4.39 Å². The summed E-state index contributed by atoms with van der Waals surface area (Å²) >= 11 is 0. The van der Waals surface area contributed by atoms with Gasteiger partial charge in [-0.1, -0.05) is 53.4 Å². The summed E-state index contributed by atoms with van der Waals surface area (Å²) in [6.07, 6.45) is 16.3. The minimum absolute atomic E-state index is 0.212. The van der Waals surface area contributed by atoms with E-state index in [0.29, 0.717) is 10.8 Å². The highest BCUT2D eigenvalue weighted by Crippen LogP contribution is 2.68. The lowest BCUT2D eigenvalue weighted by molar-refractivity contribution is -0.114. The third kappa shape index (κ3) is 3.83. The van der Waals surface area contributed by atoms with Gasteiger partial charge in [0, 0.05) is 5.92 Å². The quantitative estimate of drug-likeness (QED) is 0.478. The summed E-state index contributed by atoms with van der Waals surface area (Å²) in [6, 6.07) is 0. The fraction of sp³-hybridized carbons (Fsp3) is 1.00. The smallest absolute Gasteiger partial charge is 0.198 e. The van der Waals surface area contributed by atoms with Crippen molar-refractivity contribution in [1.29, 1.82) is 0 Å². The van der Waals surface area contributed by atoms with Gasteiger partial charge >= 0.3 is 0 Å². The summed E-state index contributed by atoms with van der Waals surface area (Å²) < 4.78 is 13.1. The first-order valence-corrected chi connectivity index (χ1v) is 13.1. The highest BCUT2D eigenvalue weighted by Gasteiger charge is 2.60. The zero-order chi connectivity index (χ0) is 20.8. The summed E-state index contributed by atoms with van der Waals surface area (Å²) in [5.41, 5.74) is 1.19. The van der Waals surface area contributed by atoms with Crippen molar-refractivity contribution in [2.24, 2.45) is 52.3 Å². The number of aliphatic hydroxyl groups excluding tert-OH is 1. The lowest BCUT2D eigenvalue weighted by Gasteiger charge is -2.61. The second kappa shape index (κ2) is 8.44. The molecule has 4 saturated carbocycles. The maximum atomic E-state index is 13.1. The van der Waals surface area contributed by atoms with E-state index in [0.717, 1.165) is 48.3 Å². The maximum absolute atomic E-state index is 13.1. The molecule has 0 amide bonds. The van der Waals surface area contributed by atoms with Crippen LogP contribution in [0, 0.1) is 52.3 Å². The van der Waals surface area contributed by atoms with Crippen LogP contribution < -0.4 is 0 Å². The van der Waals surface area contributed by atoms with Gasteiger partial charge in [-0.15, -0.1) is 0 Å². The van der Waals surface area contributed by atoms with E-state index in [9.17, 15) is 4.39 Å². The Balaban J connectivity index is 1.41. The molecular weight excluding hydrogens is 359 g/mol. The van der Waals surface area contributed by atoms with Crippen molar-refractivity contribution in [2.45, 2.75) is 118 Å². The number of hydrogen-bond donors (Lipinski definition) is 1. The molecule has 4 aliphatic rings. The van der Waals surface area contributed by atoms with E-state index in [1.165, 1.54) is 70.6 Å². The molecule has 29 heavy (non-hydrogen) atoms. The molecule has 0 bridgehead atoms. The van der Waals surface area contributed by atoms with Gasteiger partial charge in [0.25, 0.3) is 0 Å². The fourth-order valence-electron chi connectivity index (χ4n) is 9.37. The van der Waals surface area contributed by atoms with Crippen molar-refractivity contribution in [1.82, 2.24) is 0 Å². The van der Waals surface area contributed by atoms with Crippen LogP contribution in [0.15, 0.2) is 0 Å². The first-order valence-electron chi connectivity index (χ1n) is 13.1. The largest absolute Gasteiger partial charge is 0.364 e. The molecule has 1 N–H and O–H groups in total. The Hall–Kier alpha value is -0.110. The highest BCUT2D eigenvalue weighted by atomic mass is 19.1. The van der Waals surface area contributed by atoms with Crippen molar-refractivity contribution < 1.29 is 9.50 Å². The number of alkyl halides is 1. The zero-order valence-electron chi connectivity index (χ0n) is 19.6. The number of hydrogen-bond acceptors (Lipinski definition) is 1. The molecule has 0 saturated heterocycles. The van der Waals surface area contributed by atoms with Gasteiger partial charge in [0.1, 0.15) is 0 Å². The standard InChI is InChI=1S/C27H47FO/c1-18(8-7-9-19(2)25(28)29)22-13-14-23-21-12-11-20-10-5-6-16-26(20,3)24(21)15-17-27(22,23)4/h18-25,29H,5-17H2,1-4H3/t18-,19?,20?,21+,22-,23+,24+,25?,26+,27-/m1/s1. The van der Waals surface area contributed by atoms with Crippen LogP contribution in [0.5, 0.6) is 0 Å². The lowest BCUT2D eigenvalue weighted by Crippen LogP contribution is -2.53. The molecule has 168 valence electrons. The van der Waals surface area contributed by atoms with E-state index in [-0.39, 0.29) is 5.92 Å². The highest BCUT2D eigenvalue weighted by molar-refractivity contribution is 5.09. The van der Waals surface area contributed by atoms with Gasteiger partial charge in [-0.2, -0.15) is 0 Å². The molecule has 0 aromatic heterocycles. The summed E-state index contributed by atoms with van der Waals surface area (Å²) in [6.45, 7) is 9.66. The number of aliphatic hydroxyl groups is 1. The van der Waals surface area contributed by atoms with Gasteiger partial charge < -0.3 is 5.11 Å². The Morgan fingerprint density at radius 3 is 2.38 bits per heavy atom. The minimum atomic E-state index is -1.65. The van der Waals surface area contributed by atoms with Crippen molar-refractivity contribution in [3.05, 3.63) is 0 Å². The number of rotatable bonds is 6. The Morgan fingerprint density at radius 1 is 0.862 bits per heavy atom. The Bertz CT molecular complexity index is 561. The third-order valence-electron chi connectivity index (χ3n) is 11.1. The Labute approximate surface area is 179 Å². The van der Waals surface area contributed by atoms with Crippen LogP contribution in [-0.4, -0.2) is 11.5 Å². The van der Waals surface area contributed by atoms with E-state index < -0.39 is 6.36 Å². The second-order valence-corrected chi connectivity index (χ2v) is 12.4. The monoisotopic (exact) mass is 406 g/mol. The van der Waals surface area contributed by atoms with Gasteiger partial charge in [-0.05, 0) is 104 Å². The topological polar surface area (TPSA) is 20.2 Å². The average Bonchev–Trinajstić information content (AvgIpc) is 3.04. The van der Waals surface area contributed by atoms with Crippen molar-refractivity contribution in [2.75, 3.05) is 0 Å². The molecule has 10 atom stereocenters. The normalized spacial score (nSPS) is 47.6. The van der Waals surface area contributed by atoms with Crippen molar-refractivity contribution in [3.8, 4) is 0 Å². The molecule has 4 aliphatic carbocycles. The maximum Gasteiger partial charge on any atom is 0.198 e. The van der Waals surface area contributed by atoms with E-state index >= 15 is 0 Å². The first kappa shape index (κ1) is 22.1. The molecule has 0 spiro atoms. The molecule has 0 aliphatic heterocycles. The molecule has 0 radical (unpaired) electrons. The van der Waals surface area contributed by atoms with Gasteiger partial charge in [-0.3, -0.25) is 0 Å². The van der Waals surface area contributed by atoms with Crippen LogP contribution >= 0.6 is 0 Å². The fourth-order valence-corrected chi connectivity index (χ4v) is 9.37. The molecule has 3 unspecified atom stereocenters. The van der Waals surface area contributed by atoms with E-state index in [2.05, 4.69) is 20.8 Å². The molecular formula is C27H47FO. The van der Waals surface area contributed by atoms with E-state index in [1.807, 2.05) is 6.92 Å². The molecule has 4 fully saturated rings. The second-order valence-electron chi connectivity index (χ2n) is 12.4. The molecule has 4 rings (SSSR count). The third-order valence-corrected chi connectivity index (χ3v) is 11.1. The zero-order valence-corrected chi connectivity index (χ0v) is 19.6. The Morgan fingerprint density at radius 2 is 1.62 bits per heavy atom. The number of halogens is 1. The van der Waals surface area contributed by atoms with Crippen molar-refractivity contribution in [3.63, 3.8) is 0 Å². The SMILES string of the molecule is CC(CCC[C@@H](C)[C@H]1CC[C@H]2[C@@H]3CCC4CCCC[C@]4(C)[C@H]3CC[C@]12C)C(O)F. The van der Waals surface area contributed by atoms with Crippen LogP contribution in [0.3, 0.4) is 0 Å². The van der Waals surface area contributed by atoms with Crippen molar-refractivity contribution >= 4 is 0 Å².